The summed E-state index contributed by atoms with van der Waals surface area (Å²) in [4.78, 5) is 10.1. The predicted octanol–water partition coefficient (Wildman–Crippen LogP) is 14.4. The van der Waals surface area contributed by atoms with E-state index in [1.807, 2.05) is 12.4 Å². The molecule has 6 aromatic carbocycles. The van der Waals surface area contributed by atoms with Gasteiger partial charge < -0.3 is 0 Å². The number of allylic oxidation sites excluding steroid dienone is 8. The van der Waals surface area contributed by atoms with Crippen molar-refractivity contribution in [2.24, 2.45) is 5.92 Å². The van der Waals surface area contributed by atoms with Crippen molar-refractivity contribution in [3.8, 4) is 33.9 Å². The fourth-order valence-corrected chi connectivity index (χ4v) is 11.8. The standard InChI is InChI=1S/C60H44N4/c1-35-23-25-61-55(27-35)63-53-21-17-43(41-13-11-37-7-3-5-9-39(37)29-41)31-49(53)51-33-45-16-20-48-58-46(15-19-47(57(45)58)59(51)63)34-52-50-32-44(42-14-12-38-8-4-6-10-40(38)30-42)18-22-54(50)64(60(48)52)56-28-36(2)24-26-62-56/h3-11,13-14,17-18,21-34,38H,12,15-16,19-20H2,1-2H3. The first-order valence-corrected chi connectivity index (χ1v) is 22.9. The Morgan fingerprint density at radius 3 is 1.78 bits per heavy atom. The summed E-state index contributed by atoms with van der Waals surface area (Å²) in [5.41, 5.74) is 22.6. The fourth-order valence-electron chi connectivity index (χ4n) is 11.8. The molecule has 0 radical (unpaired) electrons. The van der Waals surface area contributed by atoms with Gasteiger partial charge in [-0.15, -0.1) is 0 Å². The third-order valence-corrected chi connectivity index (χ3v) is 14.8. The van der Waals surface area contributed by atoms with Crippen molar-refractivity contribution < 1.29 is 0 Å². The van der Waals surface area contributed by atoms with Crippen LogP contribution in [0.15, 0.2) is 170 Å². The zero-order chi connectivity index (χ0) is 42.2. The minimum Gasteiger partial charge on any atom is -0.293 e. The average molecular weight is 821 g/mol. The summed E-state index contributed by atoms with van der Waals surface area (Å²) < 4.78 is 4.95. The van der Waals surface area contributed by atoms with E-state index in [4.69, 9.17) is 9.97 Å². The van der Waals surface area contributed by atoms with Crippen LogP contribution in [0.2, 0.25) is 0 Å². The topological polar surface area (TPSA) is 35.6 Å². The van der Waals surface area contributed by atoms with Gasteiger partial charge >= 0.3 is 0 Å². The molecule has 64 heavy (non-hydrogen) atoms. The van der Waals surface area contributed by atoms with Crippen LogP contribution in [0.25, 0.3) is 93.8 Å². The third-order valence-electron chi connectivity index (χ3n) is 14.8. The van der Waals surface area contributed by atoms with Gasteiger partial charge in [-0.1, -0.05) is 85.0 Å². The average Bonchev–Trinajstić information content (AvgIpc) is 3.84. The number of hydrogen-bond acceptors (Lipinski definition) is 2. The lowest BCUT2D eigenvalue weighted by molar-refractivity contribution is 0.783. The van der Waals surface area contributed by atoms with E-state index in [2.05, 4.69) is 175 Å². The van der Waals surface area contributed by atoms with E-state index in [1.54, 1.807) is 0 Å². The van der Waals surface area contributed by atoms with Gasteiger partial charge in [0.25, 0.3) is 0 Å². The molecule has 0 aliphatic heterocycles. The molecule has 304 valence electrons. The predicted molar refractivity (Wildman–Crippen MR) is 266 cm³/mol. The maximum atomic E-state index is 5.07. The van der Waals surface area contributed by atoms with Crippen molar-refractivity contribution in [1.29, 1.82) is 0 Å². The molecular weight excluding hydrogens is 777 g/mol. The van der Waals surface area contributed by atoms with Gasteiger partial charge in [-0.05, 0) is 196 Å². The smallest absolute Gasteiger partial charge is 0.137 e. The number of nitrogens with zero attached hydrogens (tertiary/aromatic N) is 4. The van der Waals surface area contributed by atoms with E-state index in [0.29, 0.717) is 5.92 Å². The quantitative estimate of drug-likeness (QED) is 0.177. The first-order valence-electron chi connectivity index (χ1n) is 22.9. The van der Waals surface area contributed by atoms with Crippen LogP contribution in [0.4, 0.5) is 0 Å². The van der Waals surface area contributed by atoms with Crippen molar-refractivity contribution >= 4 is 60.0 Å². The molecule has 4 nitrogen and oxygen atoms in total. The Labute approximate surface area is 371 Å². The summed E-state index contributed by atoms with van der Waals surface area (Å²) in [5, 5.41) is 7.77. The van der Waals surface area contributed by atoms with Crippen LogP contribution in [-0.2, 0) is 25.7 Å². The molecule has 4 aliphatic carbocycles. The van der Waals surface area contributed by atoms with Crippen LogP contribution in [0.3, 0.4) is 0 Å². The molecule has 0 fully saturated rings. The largest absolute Gasteiger partial charge is 0.293 e. The molecule has 14 rings (SSSR count). The summed E-state index contributed by atoms with van der Waals surface area (Å²) in [7, 11) is 0. The van der Waals surface area contributed by atoms with Gasteiger partial charge in [-0.3, -0.25) is 9.13 Å². The Morgan fingerprint density at radius 2 is 1.12 bits per heavy atom. The molecule has 0 spiro atoms. The van der Waals surface area contributed by atoms with Crippen LogP contribution >= 0.6 is 0 Å². The summed E-state index contributed by atoms with van der Waals surface area (Å²) in [6.45, 7) is 4.35. The summed E-state index contributed by atoms with van der Waals surface area (Å²) in [6, 6.07) is 43.5. The van der Waals surface area contributed by atoms with Crippen molar-refractivity contribution in [2.75, 3.05) is 0 Å². The second-order valence-corrected chi connectivity index (χ2v) is 18.5. The number of hydrogen-bond donors (Lipinski definition) is 0. The molecule has 0 bridgehead atoms. The van der Waals surface area contributed by atoms with Crippen LogP contribution in [0, 0.1) is 19.8 Å². The highest BCUT2D eigenvalue weighted by molar-refractivity contribution is 6.17. The molecule has 4 heteroatoms. The maximum Gasteiger partial charge on any atom is 0.137 e. The maximum absolute atomic E-state index is 5.07. The molecule has 10 aromatic rings. The number of fused-ring (bicyclic) bond motifs is 10. The summed E-state index contributed by atoms with van der Waals surface area (Å²) >= 11 is 0. The molecule has 0 saturated carbocycles. The first kappa shape index (κ1) is 36.0. The molecule has 0 saturated heterocycles. The zero-order valence-corrected chi connectivity index (χ0v) is 36.0. The van der Waals surface area contributed by atoms with E-state index in [9.17, 15) is 0 Å². The second kappa shape index (κ2) is 13.5. The van der Waals surface area contributed by atoms with E-state index in [0.717, 1.165) is 43.7 Å². The molecule has 4 heterocycles. The number of rotatable bonds is 4. The van der Waals surface area contributed by atoms with Gasteiger partial charge in [0.2, 0.25) is 0 Å². The van der Waals surface area contributed by atoms with E-state index < -0.39 is 0 Å². The summed E-state index contributed by atoms with van der Waals surface area (Å²) in [5.74, 6) is 2.43. The normalized spacial score (nSPS) is 16.2. The van der Waals surface area contributed by atoms with Crippen molar-refractivity contribution in [3.05, 3.63) is 209 Å². The lowest BCUT2D eigenvalue weighted by Crippen LogP contribution is -2.16. The van der Waals surface area contributed by atoms with Gasteiger partial charge in [-0.25, -0.2) is 9.97 Å². The van der Waals surface area contributed by atoms with E-state index in [-0.39, 0.29) is 0 Å². The minimum absolute atomic E-state index is 0.475. The number of pyridine rings is 2. The van der Waals surface area contributed by atoms with Crippen LogP contribution in [-0.4, -0.2) is 19.1 Å². The third kappa shape index (κ3) is 5.23. The van der Waals surface area contributed by atoms with E-state index in [1.165, 1.54) is 127 Å². The molecule has 1 unspecified atom stereocenters. The highest BCUT2D eigenvalue weighted by Crippen LogP contribution is 2.51. The molecule has 4 aromatic heterocycles. The monoisotopic (exact) mass is 820 g/mol. The highest BCUT2D eigenvalue weighted by Gasteiger charge is 2.33. The highest BCUT2D eigenvalue weighted by atomic mass is 15.1. The second-order valence-electron chi connectivity index (χ2n) is 18.5. The van der Waals surface area contributed by atoms with E-state index >= 15 is 0 Å². The first-order chi connectivity index (χ1) is 31.5. The fraction of sp³-hybridized carbons (Fsp3) is 0.133. The van der Waals surface area contributed by atoms with Gasteiger partial charge in [0.1, 0.15) is 11.6 Å². The molecule has 1 atom stereocenters. The Kier molecular flexibility index (Phi) is 7.57. The molecule has 4 aliphatic rings. The van der Waals surface area contributed by atoms with Crippen LogP contribution < -0.4 is 0 Å². The molecule has 0 N–H and O–H groups in total. The van der Waals surface area contributed by atoms with Gasteiger partial charge in [-0.2, -0.15) is 0 Å². The lowest BCUT2D eigenvalue weighted by Gasteiger charge is -2.31. The van der Waals surface area contributed by atoms with Crippen LogP contribution in [0.5, 0.6) is 0 Å². The SMILES string of the molecule is Cc1ccnc(-n2c3ccc(C4=CCC5C=CC=CC5=C4)cc3c3cc4c5c(c32)CCc2cc3c6cc(-c7ccc8ccccc8c7)ccc6n(-c6cc(C)ccn6)c3c(c2-5)CC4)c1. The van der Waals surface area contributed by atoms with Gasteiger partial charge in [0.05, 0.1) is 22.1 Å². The Morgan fingerprint density at radius 1 is 0.531 bits per heavy atom. The zero-order valence-electron chi connectivity index (χ0n) is 36.0. The Bertz CT molecular complexity index is 3840. The summed E-state index contributed by atoms with van der Waals surface area (Å²) in [6.07, 6.45) is 22.7. The van der Waals surface area contributed by atoms with Crippen LogP contribution in [0.1, 0.15) is 45.4 Å². The van der Waals surface area contributed by atoms with Crippen molar-refractivity contribution in [3.63, 3.8) is 0 Å². The lowest BCUT2D eigenvalue weighted by atomic mass is 9.74. The number of benzene rings is 6. The Balaban J connectivity index is 1.02. The van der Waals surface area contributed by atoms with Gasteiger partial charge in [0, 0.05) is 39.9 Å². The number of aryl methyl sites for hydroxylation is 6. The number of aromatic nitrogens is 4. The Hall–Kier alpha value is -7.56. The van der Waals surface area contributed by atoms with Crippen molar-refractivity contribution in [1.82, 2.24) is 19.1 Å². The van der Waals surface area contributed by atoms with Gasteiger partial charge in [0.15, 0.2) is 0 Å². The molecule has 0 amide bonds. The minimum atomic E-state index is 0.475. The molecular formula is C60H44N4. The van der Waals surface area contributed by atoms with Crippen molar-refractivity contribution in [2.45, 2.75) is 46.0 Å².